The van der Waals surface area contributed by atoms with Gasteiger partial charge in [-0.05, 0) is 23.6 Å². The molecule has 3 rings (SSSR count). The van der Waals surface area contributed by atoms with Crippen LogP contribution < -0.4 is 0 Å². The Hall–Kier alpha value is -2.69. The topological polar surface area (TPSA) is 69.2 Å². The lowest BCUT2D eigenvalue weighted by atomic mass is 9.96. The summed E-state index contributed by atoms with van der Waals surface area (Å²) in [6.45, 7) is 3.98. The molecule has 0 N–H and O–H groups in total. The molecule has 0 saturated carbocycles. The highest BCUT2D eigenvalue weighted by atomic mass is 16.6. The number of nitro benzene ring substituents is 1. The summed E-state index contributed by atoms with van der Waals surface area (Å²) in [7, 11) is 0. The molecular weight excluding hydrogens is 268 g/mol. The minimum Gasteiger partial charge on any atom is -0.436 e. The van der Waals surface area contributed by atoms with E-state index in [1.807, 2.05) is 38.1 Å². The van der Waals surface area contributed by atoms with Crippen LogP contribution in [0, 0.1) is 10.1 Å². The normalized spacial score (nSPS) is 11.2. The van der Waals surface area contributed by atoms with E-state index in [2.05, 4.69) is 4.98 Å². The van der Waals surface area contributed by atoms with E-state index in [4.69, 9.17) is 4.42 Å². The lowest BCUT2D eigenvalue weighted by molar-refractivity contribution is -0.384. The molecule has 21 heavy (non-hydrogen) atoms. The third-order valence-corrected chi connectivity index (χ3v) is 3.40. The van der Waals surface area contributed by atoms with Crippen LogP contribution in [-0.2, 0) is 0 Å². The summed E-state index contributed by atoms with van der Waals surface area (Å²) >= 11 is 0. The second kappa shape index (κ2) is 5.01. The van der Waals surface area contributed by atoms with E-state index in [0.29, 0.717) is 22.6 Å². The highest BCUT2D eigenvalue weighted by molar-refractivity contribution is 5.80. The molecule has 5 nitrogen and oxygen atoms in total. The number of hydrogen-bond acceptors (Lipinski definition) is 4. The van der Waals surface area contributed by atoms with E-state index in [0.717, 1.165) is 5.56 Å². The predicted octanol–water partition coefficient (Wildman–Crippen LogP) is 4.53. The van der Waals surface area contributed by atoms with E-state index >= 15 is 0 Å². The zero-order chi connectivity index (χ0) is 15.0. The number of fused-ring (bicyclic) bond motifs is 1. The summed E-state index contributed by atoms with van der Waals surface area (Å²) in [6, 6.07) is 12.4. The van der Waals surface area contributed by atoms with Crippen molar-refractivity contribution in [1.82, 2.24) is 4.98 Å². The summed E-state index contributed by atoms with van der Waals surface area (Å²) < 4.78 is 5.72. The number of oxazole rings is 1. The highest BCUT2D eigenvalue weighted by Crippen LogP contribution is 2.37. The summed E-state index contributed by atoms with van der Waals surface area (Å²) in [5.41, 5.74) is 2.66. The van der Waals surface area contributed by atoms with Crippen LogP contribution >= 0.6 is 0 Å². The van der Waals surface area contributed by atoms with Crippen LogP contribution in [0.4, 0.5) is 5.69 Å². The predicted molar refractivity (Wildman–Crippen MR) is 80.2 cm³/mol. The van der Waals surface area contributed by atoms with Gasteiger partial charge in [-0.15, -0.1) is 0 Å². The first-order valence-corrected chi connectivity index (χ1v) is 6.71. The molecule has 0 unspecified atom stereocenters. The van der Waals surface area contributed by atoms with Gasteiger partial charge >= 0.3 is 0 Å². The molecule has 0 aliphatic rings. The summed E-state index contributed by atoms with van der Waals surface area (Å²) in [5, 5.41) is 11.3. The average molecular weight is 282 g/mol. The number of nitrogens with zero attached hydrogens (tertiary/aromatic N) is 2. The van der Waals surface area contributed by atoms with E-state index in [9.17, 15) is 10.1 Å². The van der Waals surface area contributed by atoms with Gasteiger partial charge in [0.2, 0.25) is 5.89 Å². The van der Waals surface area contributed by atoms with E-state index in [1.54, 1.807) is 12.1 Å². The van der Waals surface area contributed by atoms with Gasteiger partial charge in [-0.1, -0.05) is 38.1 Å². The lowest BCUT2D eigenvalue weighted by Gasteiger charge is -2.10. The number of benzene rings is 2. The monoisotopic (exact) mass is 282 g/mol. The van der Waals surface area contributed by atoms with Crippen molar-refractivity contribution in [3.8, 4) is 11.5 Å². The largest absolute Gasteiger partial charge is 0.436 e. The fraction of sp³-hybridized carbons (Fsp3) is 0.188. The minimum absolute atomic E-state index is 0.0211. The van der Waals surface area contributed by atoms with Crippen molar-refractivity contribution >= 4 is 16.8 Å². The van der Waals surface area contributed by atoms with Crippen LogP contribution in [0.1, 0.15) is 25.3 Å². The Morgan fingerprint density at radius 3 is 2.57 bits per heavy atom. The van der Waals surface area contributed by atoms with Gasteiger partial charge in [0.1, 0.15) is 11.1 Å². The number of nitro groups is 1. The second-order valence-electron chi connectivity index (χ2n) is 5.14. The Kier molecular flexibility index (Phi) is 3.17. The fourth-order valence-corrected chi connectivity index (χ4v) is 2.40. The molecule has 1 heterocycles. The molecule has 0 amide bonds. The molecule has 0 aliphatic carbocycles. The zero-order valence-electron chi connectivity index (χ0n) is 11.7. The van der Waals surface area contributed by atoms with E-state index < -0.39 is 4.92 Å². The molecule has 0 atom stereocenters. The zero-order valence-corrected chi connectivity index (χ0v) is 11.7. The molecule has 3 aromatic rings. The Balaban J connectivity index is 2.31. The van der Waals surface area contributed by atoms with Gasteiger partial charge in [-0.25, -0.2) is 4.98 Å². The van der Waals surface area contributed by atoms with Crippen molar-refractivity contribution in [2.24, 2.45) is 0 Å². The van der Waals surface area contributed by atoms with Gasteiger partial charge in [-0.3, -0.25) is 10.1 Å². The van der Waals surface area contributed by atoms with Gasteiger partial charge in [0, 0.05) is 6.07 Å². The van der Waals surface area contributed by atoms with Gasteiger partial charge in [0.05, 0.1) is 4.92 Å². The first kappa shape index (κ1) is 13.3. The van der Waals surface area contributed by atoms with Crippen LogP contribution in [0.5, 0.6) is 0 Å². The Morgan fingerprint density at radius 2 is 1.90 bits per heavy atom. The van der Waals surface area contributed by atoms with Crippen LogP contribution in [-0.4, -0.2) is 9.91 Å². The standard InChI is InChI=1S/C16H14N2O3/c1-10(2)11-6-5-8-13(18(19)20)15(11)16-17-12-7-3-4-9-14(12)21-16/h3-10H,1-2H3. The molecule has 5 heteroatoms. The molecular formula is C16H14N2O3. The van der Waals surface area contributed by atoms with Crippen molar-refractivity contribution in [3.63, 3.8) is 0 Å². The Morgan fingerprint density at radius 1 is 1.14 bits per heavy atom. The van der Waals surface area contributed by atoms with E-state index in [-0.39, 0.29) is 11.6 Å². The maximum Gasteiger partial charge on any atom is 0.282 e. The first-order valence-electron chi connectivity index (χ1n) is 6.71. The molecule has 0 bridgehead atoms. The first-order chi connectivity index (χ1) is 10.1. The number of aromatic nitrogens is 1. The molecule has 0 fully saturated rings. The fourth-order valence-electron chi connectivity index (χ4n) is 2.40. The summed E-state index contributed by atoms with van der Waals surface area (Å²) in [4.78, 5) is 15.3. The van der Waals surface area contributed by atoms with E-state index in [1.165, 1.54) is 6.07 Å². The number of para-hydroxylation sites is 2. The van der Waals surface area contributed by atoms with Gasteiger partial charge in [0.25, 0.3) is 5.69 Å². The highest BCUT2D eigenvalue weighted by Gasteiger charge is 2.24. The Bertz CT molecular complexity index is 788. The third-order valence-electron chi connectivity index (χ3n) is 3.40. The van der Waals surface area contributed by atoms with Crippen molar-refractivity contribution < 1.29 is 9.34 Å². The Labute approximate surface area is 121 Å². The second-order valence-corrected chi connectivity index (χ2v) is 5.14. The van der Waals surface area contributed by atoms with Gasteiger partial charge in [0.15, 0.2) is 5.58 Å². The number of hydrogen-bond donors (Lipinski definition) is 0. The molecule has 0 spiro atoms. The van der Waals surface area contributed by atoms with Crippen LogP contribution in [0.3, 0.4) is 0 Å². The van der Waals surface area contributed by atoms with Crippen molar-refractivity contribution in [2.45, 2.75) is 19.8 Å². The minimum atomic E-state index is -0.393. The molecule has 0 saturated heterocycles. The molecule has 1 aromatic heterocycles. The van der Waals surface area contributed by atoms with Crippen molar-refractivity contribution in [3.05, 3.63) is 58.1 Å². The van der Waals surface area contributed by atoms with Gasteiger partial charge < -0.3 is 4.42 Å². The maximum absolute atomic E-state index is 11.3. The summed E-state index contributed by atoms with van der Waals surface area (Å²) in [5.74, 6) is 0.433. The van der Waals surface area contributed by atoms with Crippen LogP contribution in [0.15, 0.2) is 46.9 Å². The molecule has 0 aliphatic heterocycles. The van der Waals surface area contributed by atoms with Crippen molar-refractivity contribution in [1.29, 1.82) is 0 Å². The molecule has 0 radical (unpaired) electrons. The average Bonchev–Trinajstić information content (AvgIpc) is 2.89. The maximum atomic E-state index is 11.3. The van der Waals surface area contributed by atoms with Crippen molar-refractivity contribution in [2.75, 3.05) is 0 Å². The van der Waals surface area contributed by atoms with Crippen LogP contribution in [0.25, 0.3) is 22.6 Å². The summed E-state index contributed by atoms with van der Waals surface area (Å²) in [6.07, 6.45) is 0. The SMILES string of the molecule is CC(C)c1cccc([N+](=O)[O-])c1-c1nc2ccccc2o1. The quantitative estimate of drug-likeness (QED) is 0.523. The van der Waals surface area contributed by atoms with Crippen LogP contribution in [0.2, 0.25) is 0 Å². The molecule has 106 valence electrons. The lowest BCUT2D eigenvalue weighted by Crippen LogP contribution is -1.98. The van der Waals surface area contributed by atoms with Gasteiger partial charge in [-0.2, -0.15) is 0 Å². The smallest absolute Gasteiger partial charge is 0.282 e. The molecule has 2 aromatic carbocycles. The third kappa shape index (κ3) is 2.27. The number of rotatable bonds is 3.